The molecule has 0 saturated heterocycles. The summed E-state index contributed by atoms with van der Waals surface area (Å²) in [6.07, 6.45) is 1.88. The van der Waals surface area contributed by atoms with Gasteiger partial charge in [-0.15, -0.1) is 0 Å². The minimum Gasteiger partial charge on any atom is -0.345 e. The van der Waals surface area contributed by atoms with Crippen LogP contribution in [0.2, 0.25) is 0 Å². The molecule has 0 bridgehead atoms. The average Bonchev–Trinajstić information content (AvgIpc) is 2.80. The van der Waals surface area contributed by atoms with Gasteiger partial charge in [-0.1, -0.05) is 6.07 Å². The van der Waals surface area contributed by atoms with E-state index in [4.69, 9.17) is 0 Å². The van der Waals surface area contributed by atoms with E-state index >= 15 is 0 Å². The molecule has 3 aromatic heterocycles. The first-order chi connectivity index (χ1) is 10.5. The second kappa shape index (κ2) is 5.60. The van der Waals surface area contributed by atoms with E-state index in [-0.39, 0.29) is 5.91 Å². The van der Waals surface area contributed by atoms with Crippen molar-refractivity contribution in [2.75, 3.05) is 0 Å². The fourth-order valence-electron chi connectivity index (χ4n) is 2.49. The molecule has 112 valence electrons. The SMILES string of the molecule is Cc1ccn2c(C(=O)NCc3cccc(C)n3)c(C)nc2c1. The number of nitrogens with one attached hydrogen (secondary N) is 1. The highest BCUT2D eigenvalue weighted by molar-refractivity contribution is 5.94. The van der Waals surface area contributed by atoms with E-state index in [0.717, 1.165) is 28.3 Å². The quantitative estimate of drug-likeness (QED) is 0.807. The maximum absolute atomic E-state index is 12.5. The summed E-state index contributed by atoms with van der Waals surface area (Å²) in [7, 11) is 0. The van der Waals surface area contributed by atoms with Crippen LogP contribution in [0.25, 0.3) is 5.65 Å². The van der Waals surface area contributed by atoms with Gasteiger partial charge in [0.1, 0.15) is 11.3 Å². The Balaban J connectivity index is 1.85. The first-order valence-corrected chi connectivity index (χ1v) is 7.20. The van der Waals surface area contributed by atoms with Gasteiger partial charge in [0, 0.05) is 11.9 Å². The topological polar surface area (TPSA) is 59.3 Å². The van der Waals surface area contributed by atoms with Crippen molar-refractivity contribution in [2.45, 2.75) is 27.3 Å². The lowest BCUT2D eigenvalue weighted by Gasteiger charge is -2.06. The Hall–Kier alpha value is -2.69. The van der Waals surface area contributed by atoms with Gasteiger partial charge >= 0.3 is 0 Å². The Morgan fingerprint density at radius 1 is 1.18 bits per heavy atom. The van der Waals surface area contributed by atoms with E-state index in [1.165, 1.54) is 0 Å². The molecule has 0 aliphatic heterocycles. The Bertz CT molecular complexity index is 851. The number of aromatic nitrogens is 3. The van der Waals surface area contributed by atoms with E-state index in [2.05, 4.69) is 15.3 Å². The van der Waals surface area contributed by atoms with Crippen LogP contribution in [0.15, 0.2) is 36.5 Å². The lowest BCUT2D eigenvalue weighted by atomic mass is 10.3. The van der Waals surface area contributed by atoms with Gasteiger partial charge in [-0.25, -0.2) is 4.98 Å². The summed E-state index contributed by atoms with van der Waals surface area (Å²) in [4.78, 5) is 21.3. The molecule has 3 rings (SSSR count). The summed E-state index contributed by atoms with van der Waals surface area (Å²) in [5, 5.41) is 2.91. The smallest absolute Gasteiger partial charge is 0.270 e. The zero-order chi connectivity index (χ0) is 15.7. The fourth-order valence-corrected chi connectivity index (χ4v) is 2.49. The molecule has 0 aliphatic carbocycles. The molecule has 0 spiro atoms. The summed E-state index contributed by atoms with van der Waals surface area (Å²) in [6.45, 7) is 6.19. The third-order valence-electron chi connectivity index (χ3n) is 3.55. The lowest BCUT2D eigenvalue weighted by molar-refractivity contribution is 0.0944. The molecular formula is C17H18N4O. The molecule has 0 radical (unpaired) electrons. The van der Waals surface area contributed by atoms with Crippen molar-refractivity contribution in [1.29, 1.82) is 0 Å². The predicted octanol–water partition coefficient (Wildman–Crippen LogP) is 2.58. The molecule has 0 aliphatic rings. The van der Waals surface area contributed by atoms with Crippen molar-refractivity contribution in [3.8, 4) is 0 Å². The highest BCUT2D eigenvalue weighted by atomic mass is 16.1. The maximum atomic E-state index is 12.5. The molecule has 0 fully saturated rings. The fraction of sp³-hybridized carbons (Fsp3) is 0.235. The molecule has 1 amide bonds. The number of hydrogen-bond acceptors (Lipinski definition) is 3. The van der Waals surface area contributed by atoms with Crippen LogP contribution < -0.4 is 5.32 Å². The summed E-state index contributed by atoms with van der Waals surface area (Å²) < 4.78 is 1.82. The van der Waals surface area contributed by atoms with Gasteiger partial charge in [-0.3, -0.25) is 14.2 Å². The van der Waals surface area contributed by atoms with Crippen LogP contribution in [-0.2, 0) is 6.54 Å². The zero-order valence-corrected chi connectivity index (χ0v) is 12.9. The zero-order valence-electron chi connectivity index (χ0n) is 12.9. The molecule has 3 heterocycles. The second-order valence-corrected chi connectivity index (χ2v) is 5.43. The molecule has 0 saturated carbocycles. The summed E-state index contributed by atoms with van der Waals surface area (Å²) in [5.41, 5.74) is 4.98. The number of aryl methyl sites for hydroxylation is 3. The van der Waals surface area contributed by atoms with Gasteiger partial charge in [0.2, 0.25) is 0 Å². The maximum Gasteiger partial charge on any atom is 0.270 e. The van der Waals surface area contributed by atoms with Crippen LogP contribution in [0.4, 0.5) is 0 Å². The summed E-state index contributed by atoms with van der Waals surface area (Å²) in [6, 6.07) is 9.70. The Labute approximate surface area is 129 Å². The summed E-state index contributed by atoms with van der Waals surface area (Å²) >= 11 is 0. The number of imidazole rings is 1. The van der Waals surface area contributed by atoms with Crippen LogP contribution in [0.1, 0.15) is 33.1 Å². The van der Waals surface area contributed by atoms with Gasteiger partial charge in [0.15, 0.2) is 0 Å². The standard InChI is InChI=1S/C17H18N4O/c1-11-7-8-21-15(9-11)20-13(3)16(21)17(22)18-10-14-6-4-5-12(2)19-14/h4-9H,10H2,1-3H3,(H,18,22). The third kappa shape index (κ3) is 2.70. The van der Waals surface area contributed by atoms with Crippen molar-refractivity contribution in [3.05, 3.63) is 64.9 Å². The van der Waals surface area contributed by atoms with Gasteiger partial charge in [0.25, 0.3) is 5.91 Å². The molecule has 5 nitrogen and oxygen atoms in total. The van der Waals surface area contributed by atoms with Crippen molar-refractivity contribution in [1.82, 2.24) is 19.7 Å². The van der Waals surface area contributed by atoms with E-state index in [0.29, 0.717) is 12.2 Å². The second-order valence-electron chi connectivity index (χ2n) is 5.43. The molecule has 5 heteroatoms. The largest absolute Gasteiger partial charge is 0.345 e. The average molecular weight is 294 g/mol. The van der Waals surface area contributed by atoms with Crippen molar-refractivity contribution in [3.63, 3.8) is 0 Å². The van der Waals surface area contributed by atoms with Gasteiger partial charge in [0.05, 0.1) is 17.9 Å². The molecule has 0 unspecified atom stereocenters. The highest BCUT2D eigenvalue weighted by Gasteiger charge is 2.16. The molecule has 1 N–H and O–H groups in total. The Kier molecular flexibility index (Phi) is 3.63. The molecular weight excluding hydrogens is 276 g/mol. The molecule has 22 heavy (non-hydrogen) atoms. The predicted molar refractivity (Wildman–Crippen MR) is 84.8 cm³/mol. The van der Waals surface area contributed by atoms with Crippen LogP contribution in [0, 0.1) is 20.8 Å². The van der Waals surface area contributed by atoms with Crippen LogP contribution in [0.3, 0.4) is 0 Å². The highest BCUT2D eigenvalue weighted by Crippen LogP contribution is 2.13. The monoisotopic (exact) mass is 294 g/mol. The van der Waals surface area contributed by atoms with Crippen molar-refractivity contribution in [2.24, 2.45) is 0 Å². The Morgan fingerprint density at radius 3 is 2.77 bits per heavy atom. The van der Waals surface area contributed by atoms with Gasteiger partial charge in [-0.05, 0) is 50.6 Å². The number of nitrogens with zero attached hydrogens (tertiary/aromatic N) is 3. The first-order valence-electron chi connectivity index (χ1n) is 7.20. The molecule has 3 aromatic rings. The van der Waals surface area contributed by atoms with Crippen LogP contribution in [-0.4, -0.2) is 20.3 Å². The number of pyridine rings is 2. The lowest BCUT2D eigenvalue weighted by Crippen LogP contribution is -2.25. The normalized spacial score (nSPS) is 10.9. The minimum atomic E-state index is -0.142. The third-order valence-corrected chi connectivity index (χ3v) is 3.55. The van der Waals surface area contributed by atoms with Crippen molar-refractivity contribution >= 4 is 11.6 Å². The number of carbonyl (C=O) groups excluding carboxylic acids is 1. The number of hydrogen-bond donors (Lipinski definition) is 1. The number of amides is 1. The Morgan fingerprint density at radius 2 is 2.00 bits per heavy atom. The van der Waals surface area contributed by atoms with E-state index in [1.54, 1.807) is 0 Å². The molecule has 0 atom stereocenters. The number of fused-ring (bicyclic) bond motifs is 1. The number of rotatable bonds is 3. The first kappa shape index (κ1) is 14.3. The van der Waals surface area contributed by atoms with Gasteiger partial charge in [-0.2, -0.15) is 0 Å². The van der Waals surface area contributed by atoms with Crippen LogP contribution >= 0.6 is 0 Å². The van der Waals surface area contributed by atoms with E-state index in [1.807, 2.05) is 61.7 Å². The van der Waals surface area contributed by atoms with E-state index in [9.17, 15) is 4.79 Å². The van der Waals surface area contributed by atoms with E-state index < -0.39 is 0 Å². The minimum absolute atomic E-state index is 0.142. The number of carbonyl (C=O) groups is 1. The molecule has 0 aromatic carbocycles. The summed E-state index contributed by atoms with van der Waals surface area (Å²) in [5.74, 6) is -0.142. The van der Waals surface area contributed by atoms with Gasteiger partial charge < -0.3 is 5.32 Å². The van der Waals surface area contributed by atoms with Crippen molar-refractivity contribution < 1.29 is 4.79 Å². The van der Waals surface area contributed by atoms with Crippen LogP contribution in [0.5, 0.6) is 0 Å².